The lowest BCUT2D eigenvalue weighted by Crippen LogP contribution is -2.17. The first-order valence-electron chi connectivity index (χ1n) is 5.28. The number of alkyl halides is 3. The molecule has 0 aromatic heterocycles. The summed E-state index contributed by atoms with van der Waals surface area (Å²) in [5.41, 5.74) is 0. The van der Waals surface area contributed by atoms with E-state index in [2.05, 4.69) is 0 Å². The van der Waals surface area contributed by atoms with E-state index in [-0.39, 0.29) is 12.2 Å². The highest BCUT2D eigenvalue weighted by Crippen LogP contribution is 2.25. The quantitative estimate of drug-likeness (QED) is 0.674. The molecule has 16 heavy (non-hydrogen) atoms. The summed E-state index contributed by atoms with van der Waals surface area (Å²) in [4.78, 5) is 10.8. The molecule has 1 N–H and O–H groups in total. The molecule has 0 aromatic carbocycles. The van der Waals surface area contributed by atoms with Gasteiger partial charge in [0, 0.05) is 6.42 Å². The molecule has 0 aromatic rings. The Balaban J connectivity index is 3.72. The van der Waals surface area contributed by atoms with Crippen molar-refractivity contribution >= 4 is 17.7 Å². The van der Waals surface area contributed by atoms with Gasteiger partial charge in [0.15, 0.2) is 0 Å². The van der Waals surface area contributed by atoms with Gasteiger partial charge in [0.1, 0.15) is 5.25 Å². The number of hydrogen-bond acceptors (Lipinski definition) is 2. The maximum atomic E-state index is 11.8. The van der Waals surface area contributed by atoms with Crippen LogP contribution in [0.2, 0.25) is 0 Å². The molecule has 6 heteroatoms. The van der Waals surface area contributed by atoms with Crippen molar-refractivity contribution < 1.29 is 23.1 Å². The Bertz CT molecular complexity index is 207. The monoisotopic (exact) mass is 258 g/mol. The molecule has 1 unspecified atom stereocenters. The number of unbranched alkanes of at least 4 members (excludes halogenated alkanes) is 1. The third-order valence-electron chi connectivity index (χ3n) is 2.02. The molecule has 0 aliphatic heterocycles. The van der Waals surface area contributed by atoms with Gasteiger partial charge in [-0.2, -0.15) is 13.2 Å². The lowest BCUT2D eigenvalue weighted by molar-refractivity contribution is -0.136. The Morgan fingerprint density at radius 1 is 1.38 bits per heavy atom. The van der Waals surface area contributed by atoms with Gasteiger partial charge in [0.25, 0.3) is 0 Å². The average molecular weight is 258 g/mol. The Morgan fingerprint density at radius 2 is 2.00 bits per heavy atom. The SMILES string of the molecule is CCCCC(SCCCC(F)(F)F)C(=O)O. The molecular formula is C10H17F3O2S. The van der Waals surface area contributed by atoms with Crippen LogP contribution >= 0.6 is 11.8 Å². The van der Waals surface area contributed by atoms with Crippen LogP contribution in [-0.4, -0.2) is 28.3 Å². The highest BCUT2D eigenvalue weighted by Gasteiger charge is 2.26. The molecule has 1 atom stereocenters. The van der Waals surface area contributed by atoms with Crippen molar-refractivity contribution in [2.45, 2.75) is 50.5 Å². The summed E-state index contributed by atoms with van der Waals surface area (Å²) >= 11 is 1.11. The second-order valence-electron chi connectivity index (χ2n) is 3.56. The van der Waals surface area contributed by atoms with E-state index in [9.17, 15) is 18.0 Å². The molecular weight excluding hydrogens is 241 g/mol. The van der Waals surface area contributed by atoms with Gasteiger partial charge < -0.3 is 5.11 Å². The van der Waals surface area contributed by atoms with Crippen molar-refractivity contribution in [1.29, 1.82) is 0 Å². The van der Waals surface area contributed by atoms with Gasteiger partial charge in [-0.1, -0.05) is 19.8 Å². The van der Waals surface area contributed by atoms with Crippen molar-refractivity contribution in [2.75, 3.05) is 5.75 Å². The fourth-order valence-corrected chi connectivity index (χ4v) is 2.24. The Hall–Kier alpha value is -0.390. The average Bonchev–Trinajstić information content (AvgIpc) is 2.14. The van der Waals surface area contributed by atoms with Gasteiger partial charge in [-0.15, -0.1) is 11.8 Å². The zero-order chi connectivity index (χ0) is 12.6. The van der Waals surface area contributed by atoms with Gasteiger partial charge >= 0.3 is 12.1 Å². The molecule has 0 fully saturated rings. The van der Waals surface area contributed by atoms with Crippen LogP contribution in [0.4, 0.5) is 13.2 Å². The van der Waals surface area contributed by atoms with Crippen molar-refractivity contribution in [3.63, 3.8) is 0 Å². The second kappa shape index (κ2) is 7.81. The largest absolute Gasteiger partial charge is 0.480 e. The maximum absolute atomic E-state index is 11.8. The second-order valence-corrected chi connectivity index (χ2v) is 4.87. The number of rotatable bonds is 8. The summed E-state index contributed by atoms with van der Waals surface area (Å²) < 4.78 is 35.4. The molecule has 0 radical (unpaired) electrons. The lowest BCUT2D eigenvalue weighted by Gasteiger charge is -2.11. The van der Waals surface area contributed by atoms with Crippen LogP contribution in [0.15, 0.2) is 0 Å². The molecule has 2 nitrogen and oxygen atoms in total. The highest BCUT2D eigenvalue weighted by atomic mass is 32.2. The van der Waals surface area contributed by atoms with Crippen LogP contribution in [-0.2, 0) is 4.79 Å². The Kier molecular flexibility index (Phi) is 7.62. The number of carbonyl (C=O) groups is 1. The van der Waals surface area contributed by atoms with Crippen LogP contribution in [0.3, 0.4) is 0 Å². The van der Waals surface area contributed by atoms with E-state index in [0.29, 0.717) is 6.42 Å². The standard InChI is InChI=1S/C10H17F3O2S/c1-2-3-5-8(9(14)15)16-7-4-6-10(11,12)13/h8H,2-7H2,1H3,(H,14,15). The van der Waals surface area contributed by atoms with Crippen LogP contribution in [0.25, 0.3) is 0 Å². The van der Waals surface area contributed by atoms with E-state index < -0.39 is 23.8 Å². The molecule has 0 spiro atoms. The summed E-state index contributed by atoms with van der Waals surface area (Å²) in [6.45, 7) is 1.95. The van der Waals surface area contributed by atoms with Crippen molar-refractivity contribution in [1.82, 2.24) is 0 Å². The number of hydrogen-bond donors (Lipinski definition) is 1. The number of thioether (sulfide) groups is 1. The third kappa shape index (κ3) is 8.88. The number of carboxylic acids is 1. The normalized spacial score (nSPS) is 13.8. The predicted octanol–water partition coefficient (Wildman–Crippen LogP) is 3.71. The smallest absolute Gasteiger partial charge is 0.389 e. The van der Waals surface area contributed by atoms with E-state index >= 15 is 0 Å². The summed E-state index contributed by atoms with van der Waals surface area (Å²) in [5, 5.41) is 8.25. The van der Waals surface area contributed by atoms with Crippen LogP contribution in [0.5, 0.6) is 0 Å². The molecule has 0 amide bonds. The molecule has 0 aliphatic carbocycles. The van der Waals surface area contributed by atoms with Gasteiger partial charge in [0.2, 0.25) is 0 Å². The first-order valence-corrected chi connectivity index (χ1v) is 6.33. The Labute approximate surface area is 97.6 Å². The van der Waals surface area contributed by atoms with Crippen LogP contribution in [0.1, 0.15) is 39.0 Å². The molecule has 0 aliphatic rings. The minimum absolute atomic E-state index is 0.00985. The fourth-order valence-electron chi connectivity index (χ4n) is 1.17. The summed E-state index contributed by atoms with van der Waals surface area (Å²) in [6.07, 6.45) is -2.76. The third-order valence-corrected chi connectivity index (χ3v) is 3.38. The highest BCUT2D eigenvalue weighted by molar-refractivity contribution is 8.00. The zero-order valence-electron chi connectivity index (χ0n) is 9.22. The summed E-state index contributed by atoms with van der Waals surface area (Å²) in [5.74, 6) is -0.675. The molecule has 96 valence electrons. The number of carboxylic acid groups (broad SMARTS) is 1. The van der Waals surface area contributed by atoms with E-state index in [4.69, 9.17) is 5.11 Å². The summed E-state index contributed by atoms with van der Waals surface area (Å²) in [7, 11) is 0. The first kappa shape index (κ1) is 15.6. The van der Waals surface area contributed by atoms with Gasteiger partial charge in [-0.3, -0.25) is 4.79 Å². The van der Waals surface area contributed by atoms with Crippen molar-refractivity contribution in [2.24, 2.45) is 0 Å². The topological polar surface area (TPSA) is 37.3 Å². The molecule has 0 saturated carbocycles. The zero-order valence-corrected chi connectivity index (χ0v) is 10.0. The van der Waals surface area contributed by atoms with E-state index in [1.54, 1.807) is 0 Å². The first-order chi connectivity index (χ1) is 7.37. The Morgan fingerprint density at radius 3 is 2.44 bits per heavy atom. The van der Waals surface area contributed by atoms with Crippen molar-refractivity contribution in [3.8, 4) is 0 Å². The molecule has 0 rings (SSSR count). The molecule has 0 heterocycles. The maximum Gasteiger partial charge on any atom is 0.389 e. The van der Waals surface area contributed by atoms with E-state index in [1.165, 1.54) is 0 Å². The van der Waals surface area contributed by atoms with Gasteiger partial charge in [-0.05, 0) is 18.6 Å². The molecule has 0 saturated heterocycles. The minimum atomic E-state index is -4.14. The fraction of sp³-hybridized carbons (Fsp3) is 0.900. The minimum Gasteiger partial charge on any atom is -0.480 e. The van der Waals surface area contributed by atoms with Gasteiger partial charge in [0.05, 0.1) is 0 Å². The van der Waals surface area contributed by atoms with Crippen molar-refractivity contribution in [3.05, 3.63) is 0 Å². The predicted molar refractivity (Wildman–Crippen MR) is 58.7 cm³/mol. The van der Waals surface area contributed by atoms with Crippen LogP contribution < -0.4 is 0 Å². The van der Waals surface area contributed by atoms with E-state index in [1.807, 2.05) is 6.92 Å². The number of aliphatic carboxylic acids is 1. The lowest BCUT2D eigenvalue weighted by atomic mass is 10.2. The number of halogens is 3. The van der Waals surface area contributed by atoms with Crippen LogP contribution in [0, 0.1) is 0 Å². The van der Waals surface area contributed by atoms with Gasteiger partial charge in [-0.25, -0.2) is 0 Å². The van der Waals surface area contributed by atoms with E-state index in [0.717, 1.165) is 24.6 Å². The summed E-state index contributed by atoms with van der Waals surface area (Å²) in [6, 6.07) is 0. The molecule has 0 bridgehead atoms.